The van der Waals surface area contributed by atoms with E-state index in [9.17, 15) is 0 Å². The van der Waals surface area contributed by atoms with Crippen LogP contribution in [0.25, 0.3) is 0 Å². The maximum Gasteiger partial charge on any atom is 0.122 e. The Hall–Kier alpha value is -1.69. The molecule has 0 saturated heterocycles. The molecule has 1 rings (SSSR count). The molecule has 0 aromatic carbocycles. The number of nitrogens with two attached hydrogens (primary N) is 1. The van der Waals surface area contributed by atoms with Crippen molar-refractivity contribution in [1.82, 2.24) is 4.57 Å². The van der Waals surface area contributed by atoms with Gasteiger partial charge in [-0.1, -0.05) is 25.8 Å². The van der Waals surface area contributed by atoms with E-state index in [1.807, 2.05) is 4.57 Å². The van der Waals surface area contributed by atoms with Crippen LogP contribution in [-0.4, -0.2) is 4.57 Å². The van der Waals surface area contributed by atoms with E-state index >= 15 is 0 Å². The number of aromatic nitrogens is 1. The summed E-state index contributed by atoms with van der Waals surface area (Å²) in [6.45, 7) is 6.53. The third kappa shape index (κ3) is 2.66. The van der Waals surface area contributed by atoms with E-state index in [4.69, 9.17) is 11.0 Å². The Morgan fingerprint density at radius 1 is 1.56 bits per heavy atom. The zero-order chi connectivity index (χ0) is 12.0. The van der Waals surface area contributed by atoms with Crippen molar-refractivity contribution in [3.8, 4) is 6.07 Å². The monoisotopic (exact) mass is 217 g/mol. The molecule has 0 aliphatic rings. The van der Waals surface area contributed by atoms with Gasteiger partial charge in [-0.25, -0.2) is 0 Å². The Morgan fingerprint density at radius 3 is 2.88 bits per heavy atom. The summed E-state index contributed by atoms with van der Waals surface area (Å²) < 4.78 is 1.96. The van der Waals surface area contributed by atoms with Crippen LogP contribution in [0, 0.1) is 11.3 Å². The predicted molar refractivity (Wildman–Crippen MR) is 67.0 cm³/mol. The quantitative estimate of drug-likeness (QED) is 0.588. The molecule has 1 heterocycles. The number of hydrogen-bond donors (Lipinski definition) is 1. The van der Waals surface area contributed by atoms with Crippen LogP contribution in [0.3, 0.4) is 0 Å². The molecule has 0 amide bonds. The third-order valence-electron chi connectivity index (χ3n) is 2.69. The highest BCUT2D eigenvalue weighted by molar-refractivity contribution is 5.50. The molecule has 0 spiro atoms. The van der Waals surface area contributed by atoms with Crippen LogP contribution < -0.4 is 5.73 Å². The molecule has 0 unspecified atom stereocenters. The van der Waals surface area contributed by atoms with Gasteiger partial charge in [0.05, 0.1) is 5.69 Å². The second-order valence-corrected chi connectivity index (χ2v) is 3.90. The molecule has 1 aromatic rings. The minimum Gasteiger partial charge on any atom is -0.397 e. The van der Waals surface area contributed by atoms with Gasteiger partial charge in [0.2, 0.25) is 0 Å². The molecule has 16 heavy (non-hydrogen) atoms. The zero-order valence-electron chi connectivity index (χ0n) is 9.87. The predicted octanol–water partition coefficient (Wildman–Crippen LogP) is 2.86. The van der Waals surface area contributed by atoms with Gasteiger partial charge >= 0.3 is 0 Å². The lowest BCUT2D eigenvalue weighted by Crippen LogP contribution is -2.05. The first-order valence-corrected chi connectivity index (χ1v) is 5.73. The van der Waals surface area contributed by atoms with E-state index in [0.717, 1.165) is 24.2 Å². The Labute approximate surface area is 97.2 Å². The largest absolute Gasteiger partial charge is 0.397 e. The van der Waals surface area contributed by atoms with Gasteiger partial charge < -0.3 is 10.3 Å². The molecule has 0 aliphatic carbocycles. The summed E-state index contributed by atoms with van der Waals surface area (Å²) in [5.74, 6) is 0. The maximum atomic E-state index is 8.99. The molecular weight excluding hydrogens is 198 g/mol. The molecule has 0 atom stereocenters. The lowest BCUT2D eigenvalue weighted by molar-refractivity contribution is 0.670. The standard InChI is InChI=1S/C13H19N3/c1-3-5-6-7-13-12(15)9-11(10-14)16(13)8-4-2/h4,9H,2-3,5-8,15H2,1H3. The SMILES string of the molecule is C=CCn1c(C#N)cc(N)c1CCCCC. The molecule has 0 radical (unpaired) electrons. The number of unbranched alkanes of at least 4 members (excludes halogenated alkanes) is 2. The van der Waals surface area contributed by atoms with Gasteiger partial charge in [0.15, 0.2) is 0 Å². The first-order valence-electron chi connectivity index (χ1n) is 5.73. The normalized spacial score (nSPS) is 10.0. The first-order chi connectivity index (χ1) is 7.74. The number of anilines is 1. The van der Waals surface area contributed by atoms with E-state index in [2.05, 4.69) is 19.6 Å². The zero-order valence-corrected chi connectivity index (χ0v) is 9.87. The minimum atomic E-state index is 0.629. The summed E-state index contributed by atoms with van der Waals surface area (Å²) in [7, 11) is 0. The molecule has 3 heteroatoms. The van der Waals surface area contributed by atoms with Crippen LogP contribution in [0.2, 0.25) is 0 Å². The van der Waals surface area contributed by atoms with Gasteiger partial charge in [0.25, 0.3) is 0 Å². The van der Waals surface area contributed by atoms with Gasteiger partial charge in [0, 0.05) is 12.2 Å². The van der Waals surface area contributed by atoms with Gasteiger partial charge in [-0.05, 0) is 18.9 Å². The molecule has 86 valence electrons. The molecule has 2 N–H and O–H groups in total. The fourth-order valence-electron chi connectivity index (χ4n) is 1.86. The summed E-state index contributed by atoms with van der Waals surface area (Å²) >= 11 is 0. The topological polar surface area (TPSA) is 54.7 Å². The second-order valence-electron chi connectivity index (χ2n) is 3.90. The van der Waals surface area contributed by atoms with Crippen LogP contribution in [0.15, 0.2) is 18.7 Å². The van der Waals surface area contributed by atoms with Crippen molar-refractivity contribution in [3.05, 3.63) is 30.1 Å². The van der Waals surface area contributed by atoms with Crippen molar-refractivity contribution in [2.75, 3.05) is 5.73 Å². The maximum absolute atomic E-state index is 8.99. The number of nitrogen functional groups attached to an aromatic ring is 1. The molecule has 0 aliphatic heterocycles. The lowest BCUT2D eigenvalue weighted by atomic mass is 10.1. The Morgan fingerprint density at radius 2 is 2.31 bits per heavy atom. The van der Waals surface area contributed by atoms with E-state index in [-0.39, 0.29) is 0 Å². The fraction of sp³-hybridized carbons (Fsp3) is 0.462. The number of allylic oxidation sites excluding steroid dienone is 1. The van der Waals surface area contributed by atoms with E-state index in [1.165, 1.54) is 12.8 Å². The summed E-state index contributed by atoms with van der Waals surface area (Å²) in [6, 6.07) is 3.92. The van der Waals surface area contributed by atoms with Gasteiger partial charge in [-0.15, -0.1) is 6.58 Å². The molecule has 0 fully saturated rings. The van der Waals surface area contributed by atoms with Crippen molar-refractivity contribution >= 4 is 5.69 Å². The summed E-state index contributed by atoms with van der Waals surface area (Å²) in [5, 5.41) is 8.99. The molecular formula is C13H19N3. The van der Waals surface area contributed by atoms with Gasteiger partial charge in [-0.2, -0.15) is 5.26 Å². The number of hydrogen-bond acceptors (Lipinski definition) is 2. The van der Waals surface area contributed by atoms with Gasteiger partial charge in [-0.3, -0.25) is 0 Å². The Balaban J connectivity index is 2.91. The average Bonchev–Trinajstić information content (AvgIpc) is 2.57. The molecule has 3 nitrogen and oxygen atoms in total. The van der Waals surface area contributed by atoms with Crippen molar-refractivity contribution in [3.63, 3.8) is 0 Å². The number of rotatable bonds is 6. The van der Waals surface area contributed by atoms with Crippen LogP contribution >= 0.6 is 0 Å². The minimum absolute atomic E-state index is 0.629. The fourth-order valence-corrected chi connectivity index (χ4v) is 1.86. The molecule has 1 aromatic heterocycles. The Kier molecular flexibility index (Phi) is 4.65. The smallest absolute Gasteiger partial charge is 0.122 e. The molecule has 0 bridgehead atoms. The number of nitrogens with zero attached hydrogens (tertiary/aromatic N) is 2. The lowest BCUT2D eigenvalue weighted by Gasteiger charge is -2.08. The Bertz CT molecular complexity index is 396. The first kappa shape index (κ1) is 12.4. The highest BCUT2D eigenvalue weighted by Crippen LogP contribution is 2.20. The summed E-state index contributed by atoms with van der Waals surface area (Å²) in [4.78, 5) is 0. The van der Waals surface area contributed by atoms with Crippen molar-refractivity contribution in [2.45, 2.75) is 39.2 Å². The van der Waals surface area contributed by atoms with Crippen LogP contribution in [0.1, 0.15) is 37.6 Å². The van der Waals surface area contributed by atoms with Crippen molar-refractivity contribution in [1.29, 1.82) is 5.26 Å². The van der Waals surface area contributed by atoms with Gasteiger partial charge in [0.1, 0.15) is 11.8 Å². The third-order valence-corrected chi connectivity index (χ3v) is 2.69. The van der Waals surface area contributed by atoms with E-state index < -0.39 is 0 Å². The van der Waals surface area contributed by atoms with E-state index in [0.29, 0.717) is 12.2 Å². The van der Waals surface area contributed by atoms with Crippen molar-refractivity contribution < 1.29 is 0 Å². The second kappa shape index (κ2) is 6.02. The highest BCUT2D eigenvalue weighted by atomic mass is 15.0. The highest BCUT2D eigenvalue weighted by Gasteiger charge is 2.11. The average molecular weight is 217 g/mol. The van der Waals surface area contributed by atoms with Crippen LogP contribution in [-0.2, 0) is 13.0 Å². The summed E-state index contributed by atoms with van der Waals surface area (Å²) in [6.07, 6.45) is 6.24. The summed E-state index contributed by atoms with van der Waals surface area (Å²) in [5.41, 5.74) is 8.36. The molecule has 0 saturated carbocycles. The van der Waals surface area contributed by atoms with E-state index in [1.54, 1.807) is 12.1 Å². The van der Waals surface area contributed by atoms with Crippen LogP contribution in [0.4, 0.5) is 5.69 Å². The number of nitriles is 1. The van der Waals surface area contributed by atoms with Crippen LogP contribution in [0.5, 0.6) is 0 Å². The van der Waals surface area contributed by atoms with Crippen molar-refractivity contribution in [2.24, 2.45) is 0 Å².